The highest BCUT2D eigenvalue weighted by Crippen LogP contribution is 2.37. The molecular formula is C25H26F6N4O2. The first kappa shape index (κ1) is 28.2. The van der Waals surface area contributed by atoms with Gasteiger partial charge in [-0.05, 0) is 56.6 Å². The lowest BCUT2D eigenvalue weighted by Crippen LogP contribution is -2.36. The fourth-order valence-electron chi connectivity index (χ4n) is 3.95. The van der Waals surface area contributed by atoms with Gasteiger partial charge in [-0.15, -0.1) is 0 Å². The van der Waals surface area contributed by atoms with Crippen molar-refractivity contribution in [3.05, 3.63) is 75.3 Å². The smallest absolute Gasteiger partial charge is 0.330 e. The highest BCUT2D eigenvalue weighted by Gasteiger charge is 2.38. The number of rotatable bonds is 9. The molecule has 0 fully saturated rings. The van der Waals surface area contributed by atoms with Gasteiger partial charge in [-0.2, -0.15) is 26.3 Å². The Labute approximate surface area is 208 Å². The molecule has 37 heavy (non-hydrogen) atoms. The third-order valence-corrected chi connectivity index (χ3v) is 5.94. The number of benzene rings is 2. The van der Waals surface area contributed by atoms with Crippen molar-refractivity contribution in [1.82, 2.24) is 14.9 Å². The molecule has 0 aliphatic carbocycles. The van der Waals surface area contributed by atoms with Gasteiger partial charge in [-0.3, -0.25) is 9.59 Å². The third kappa shape index (κ3) is 6.88. The Morgan fingerprint density at radius 1 is 0.973 bits per heavy atom. The number of para-hydroxylation sites is 1. The second-order valence-corrected chi connectivity index (χ2v) is 8.64. The van der Waals surface area contributed by atoms with Crippen LogP contribution in [0.3, 0.4) is 0 Å². The lowest BCUT2D eigenvalue weighted by Gasteiger charge is -2.29. The van der Waals surface area contributed by atoms with E-state index in [2.05, 4.69) is 9.97 Å². The number of unbranched alkanes of at least 4 members (excludes halogenated alkanes) is 3. The largest absolute Gasteiger partial charge is 0.416 e. The first-order valence-corrected chi connectivity index (χ1v) is 11.6. The van der Waals surface area contributed by atoms with Crippen LogP contribution in [0.2, 0.25) is 0 Å². The van der Waals surface area contributed by atoms with Crippen LogP contribution in [0, 0.1) is 0 Å². The summed E-state index contributed by atoms with van der Waals surface area (Å²) in [4.78, 5) is 34.1. The molecule has 200 valence electrons. The fourth-order valence-corrected chi connectivity index (χ4v) is 3.95. The molecule has 1 atom stereocenters. The van der Waals surface area contributed by atoms with Crippen LogP contribution >= 0.6 is 0 Å². The summed E-state index contributed by atoms with van der Waals surface area (Å²) in [6.07, 6.45) is -7.68. The van der Waals surface area contributed by atoms with Crippen LogP contribution in [-0.2, 0) is 12.4 Å². The van der Waals surface area contributed by atoms with Crippen LogP contribution in [0.4, 0.5) is 26.3 Å². The second-order valence-electron chi connectivity index (χ2n) is 8.64. The molecule has 0 saturated heterocycles. The molecule has 0 bridgehead atoms. The fraction of sp³-hybridized carbons (Fsp3) is 0.400. The Morgan fingerprint density at radius 3 is 2.16 bits per heavy atom. The predicted octanol–water partition coefficient (Wildman–Crippen LogP) is 5.68. The average Bonchev–Trinajstić information content (AvgIpc) is 2.84. The van der Waals surface area contributed by atoms with Crippen molar-refractivity contribution in [2.75, 3.05) is 13.1 Å². The Kier molecular flexibility index (Phi) is 8.62. The van der Waals surface area contributed by atoms with Gasteiger partial charge in [0.2, 0.25) is 0 Å². The highest BCUT2D eigenvalue weighted by molar-refractivity contribution is 5.95. The van der Waals surface area contributed by atoms with Crippen LogP contribution < -0.4 is 11.3 Å². The quantitative estimate of drug-likeness (QED) is 0.276. The second kappa shape index (κ2) is 11.3. The van der Waals surface area contributed by atoms with E-state index < -0.39 is 46.6 Å². The Bertz CT molecular complexity index is 1270. The Hall–Kier alpha value is -3.41. The van der Waals surface area contributed by atoms with Gasteiger partial charge >= 0.3 is 12.4 Å². The number of aromatic amines is 1. The summed E-state index contributed by atoms with van der Waals surface area (Å²) in [6.45, 7) is 1.98. The number of aromatic nitrogens is 2. The molecule has 3 rings (SSSR count). The number of alkyl halides is 6. The lowest BCUT2D eigenvalue weighted by molar-refractivity contribution is -0.143. The number of H-pyrrole nitrogens is 1. The number of nitrogens with two attached hydrogens (primary N) is 1. The minimum Gasteiger partial charge on any atom is -0.330 e. The SMILES string of the molecule is CC(c1nc2ccccc2c(=O)[nH]1)N(CCCCCCN)C(=O)c1cc(C(F)(F)F)cc(C(F)(F)F)c1. The number of carbonyl (C=O) groups excluding carboxylic acids is 1. The maximum Gasteiger partial charge on any atom is 0.416 e. The van der Waals surface area contributed by atoms with E-state index in [1.54, 1.807) is 24.3 Å². The standard InChI is InChI=1S/C25H26F6N4O2/c1-15(21-33-20-9-5-4-8-19(20)22(36)34-21)35(11-7-3-2-6-10-32)23(37)16-12-17(24(26,27)28)14-18(13-16)25(29,30)31/h4-5,8-9,12-15H,2-3,6-7,10-11,32H2,1H3,(H,33,34,36). The first-order chi connectivity index (χ1) is 17.3. The maximum atomic E-state index is 13.4. The molecule has 3 aromatic rings. The van der Waals surface area contributed by atoms with Gasteiger partial charge in [0.1, 0.15) is 5.82 Å². The number of fused-ring (bicyclic) bond motifs is 1. The molecule has 0 aliphatic rings. The van der Waals surface area contributed by atoms with Crippen molar-refractivity contribution < 1.29 is 31.1 Å². The number of amides is 1. The van der Waals surface area contributed by atoms with Crippen LogP contribution in [-0.4, -0.2) is 33.9 Å². The number of carbonyl (C=O) groups is 1. The average molecular weight is 528 g/mol. The highest BCUT2D eigenvalue weighted by atomic mass is 19.4. The van der Waals surface area contributed by atoms with E-state index in [9.17, 15) is 35.9 Å². The molecule has 1 aromatic heterocycles. The molecule has 0 spiro atoms. The van der Waals surface area contributed by atoms with E-state index in [1.807, 2.05) is 0 Å². The summed E-state index contributed by atoms with van der Waals surface area (Å²) in [5.74, 6) is -0.985. The summed E-state index contributed by atoms with van der Waals surface area (Å²) in [7, 11) is 0. The van der Waals surface area contributed by atoms with Crippen LogP contribution in [0.1, 0.15) is 66.0 Å². The number of nitrogens with zero attached hydrogens (tertiary/aromatic N) is 2. The summed E-state index contributed by atoms with van der Waals surface area (Å²) in [5, 5.41) is 0.297. The third-order valence-electron chi connectivity index (χ3n) is 5.94. The molecule has 12 heteroatoms. The van der Waals surface area contributed by atoms with Crippen molar-refractivity contribution >= 4 is 16.8 Å². The molecule has 1 unspecified atom stereocenters. The van der Waals surface area contributed by atoms with Gasteiger partial charge in [-0.25, -0.2) is 4.98 Å². The monoisotopic (exact) mass is 528 g/mol. The molecule has 6 nitrogen and oxygen atoms in total. The maximum absolute atomic E-state index is 13.4. The van der Waals surface area contributed by atoms with E-state index in [4.69, 9.17) is 5.73 Å². The topological polar surface area (TPSA) is 92.1 Å². The van der Waals surface area contributed by atoms with Crippen LogP contribution in [0.25, 0.3) is 10.9 Å². The Balaban J connectivity index is 2.05. The van der Waals surface area contributed by atoms with Crippen LogP contribution in [0.5, 0.6) is 0 Å². The van der Waals surface area contributed by atoms with E-state index in [0.29, 0.717) is 42.4 Å². The molecule has 0 radical (unpaired) electrons. The van der Waals surface area contributed by atoms with Crippen molar-refractivity contribution in [1.29, 1.82) is 0 Å². The van der Waals surface area contributed by atoms with Gasteiger partial charge in [0.25, 0.3) is 11.5 Å². The minimum absolute atomic E-state index is 0.0126. The van der Waals surface area contributed by atoms with Gasteiger partial charge in [-0.1, -0.05) is 25.0 Å². The summed E-state index contributed by atoms with van der Waals surface area (Å²) in [5.41, 5.74) is 1.40. The number of hydrogen-bond donors (Lipinski definition) is 2. The zero-order valence-corrected chi connectivity index (χ0v) is 19.9. The van der Waals surface area contributed by atoms with Gasteiger partial charge in [0.15, 0.2) is 0 Å². The van der Waals surface area contributed by atoms with Gasteiger partial charge < -0.3 is 15.6 Å². The van der Waals surface area contributed by atoms with E-state index in [-0.39, 0.29) is 18.4 Å². The number of hydrogen-bond acceptors (Lipinski definition) is 4. The minimum atomic E-state index is -5.10. The molecule has 2 aromatic carbocycles. The van der Waals surface area contributed by atoms with Gasteiger partial charge in [0.05, 0.1) is 28.1 Å². The normalized spacial score (nSPS) is 13.1. The van der Waals surface area contributed by atoms with E-state index in [1.165, 1.54) is 6.92 Å². The summed E-state index contributed by atoms with van der Waals surface area (Å²) >= 11 is 0. The van der Waals surface area contributed by atoms with Crippen molar-refractivity contribution in [2.24, 2.45) is 5.73 Å². The molecule has 1 amide bonds. The zero-order chi connectivity index (χ0) is 27.4. The Morgan fingerprint density at radius 2 is 1.57 bits per heavy atom. The molecular weight excluding hydrogens is 502 g/mol. The summed E-state index contributed by atoms with van der Waals surface area (Å²) < 4.78 is 80.3. The summed E-state index contributed by atoms with van der Waals surface area (Å²) in [6, 6.07) is 6.27. The van der Waals surface area contributed by atoms with Crippen molar-refractivity contribution in [3.8, 4) is 0 Å². The first-order valence-electron chi connectivity index (χ1n) is 11.6. The van der Waals surface area contributed by atoms with Crippen LogP contribution in [0.15, 0.2) is 47.3 Å². The molecule has 0 aliphatic heterocycles. The molecule has 3 N–H and O–H groups in total. The van der Waals surface area contributed by atoms with Crippen molar-refractivity contribution in [2.45, 2.75) is 51.0 Å². The number of nitrogens with one attached hydrogen (secondary N) is 1. The number of halogens is 6. The van der Waals surface area contributed by atoms with Gasteiger partial charge in [0, 0.05) is 12.1 Å². The predicted molar refractivity (Wildman–Crippen MR) is 126 cm³/mol. The van der Waals surface area contributed by atoms with E-state index in [0.717, 1.165) is 17.7 Å². The van der Waals surface area contributed by atoms with Crippen molar-refractivity contribution in [3.63, 3.8) is 0 Å². The lowest BCUT2D eigenvalue weighted by atomic mass is 10.0. The molecule has 0 saturated carbocycles. The van der Waals surface area contributed by atoms with E-state index >= 15 is 0 Å². The zero-order valence-electron chi connectivity index (χ0n) is 19.9. The molecule has 1 heterocycles.